The third-order valence-electron chi connectivity index (χ3n) is 5.70. The van der Waals surface area contributed by atoms with Crippen LogP contribution in [0.3, 0.4) is 0 Å². The number of rotatable bonds is 4. The first-order valence-electron chi connectivity index (χ1n) is 9.92. The molecule has 7 nitrogen and oxygen atoms in total. The fourth-order valence-corrected chi connectivity index (χ4v) is 4.28. The minimum absolute atomic E-state index is 0.0354. The molecule has 156 valence electrons. The van der Waals surface area contributed by atoms with Crippen molar-refractivity contribution >= 4 is 40.7 Å². The molecule has 3 amide bonds. The smallest absolute Gasteiger partial charge is 0.253 e. The van der Waals surface area contributed by atoms with E-state index in [1.165, 1.54) is 0 Å². The van der Waals surface area contributed by atoms with Gasteiger partial charge >= 0.3 is 0 Å². The number of nitrogens with zero attached hydrogens (tertiary/aromatic N) is 3. The van der Waals surface area contributed by atoms with Gasteiger partial charge in [-0.05, 0) is 30.3 Å². The maximum atomic E-state index is 12.6. The fraction of sp³-hybridized carbons (Fsp3) is 0.318. The molecule has 1 atom stereocenters. The van der Waals surface area contributed by atoms with Crippen LogP contribution in [0, 0.1) is 5.92 Å². The van der Waals surface area contributed by atoms with E-state index >= 15 is 0 Å². The molecule has 8 heteroatoms. The summed E-state index contributed by atoms with van der Waals surface area (Å²) in [6.45, 7) is 2.84. The number of benzene rings is 2. The zero-order valence-electron chi connectivity index (χ0n) is 16.5. The lowest BCUT2D eigenvalue weighted by Crippen LogP contribution is -2.48. The topological polar surface area (TPSA) is 86.9 Å². The molecular weight excluding hydrogens is 404 g/mol. The first kappa shape index (κ1) is 20.2. The molecule has 2 aromatic carbocycles. The van der Waals surface area contributed by atoms with Crippen LogP contribution in [-0.2, 0) is 9.59 Å². The van der Waals surface area contributed by atoms with E-state index in [4.69, 9.17) is 17.3 Å². The van der Waals surface area contributed by atoms with Gasteiger partial charge in [-0.3, -0.25) is 14.4 Å². The van der Waals surface area contributed by atoms with E-state index in [0.717, 1.165) is 5.69 Å². The van der Waals surface area contributed by atoms with E-state index < -0.39 is 11.8 Å². The molecule has 0 aromatic heterocycles. The standard InChI is InChI=1S/C22H23ClN4O3/c23-18-13-17(27-14-16(21(24)29)12-20(27)28)6-7-19(18)25-8-10-26(11-9-25)22(30)15-4-2-1-3-5-15/h1-7,13,16H,8-12,14H2,(H2,24,29)/t16-/m0/s1. The molecular formula is C22H23ClN4O3. The Kier molecular flexibility index (Phi) is 5.63. The maximum Gasteiger partial charge on any atom is 0.253 e. The van der Waals surface area contributed by atoms with Crippen molar-refractivity contribution in [2.75, 3.05) is 42.5 Å². The van der Waals surface area contributed by atoms with Gasteiger partial charge in [0.05, 0.1) is 16.6 Å². The summed E-state index contributed by atoms with van der Waals surface area (Å²) >= 11 is 6.53. The Labute approximate surface area is 180 Å². The molecule has 0 radical (unpaired) electrons. The van der Waals surface area contributed by atoms with Crippen LogP contribution in [0.15, 0.2) is 48.5 Å². The van der Waals surface area contributed by atoms with Crippen LogP contribution in [0.25, 0.3) is 0 Å². The van der Waals surface area contributed by atoms with E-state index in [1.54, 1.807) is 11.0 Å². The van der Waals surface area contributed by atoms with E-state index in [0.29, 0.717) is 42.5 Å². The van der Waals surface area contributed by atoms with Gasteiger partial charge in [-0.15, -0.1) is 0 Å². The third kappa shape index (κ3) is 3.98. The Morgan fingerprint density at radius 1 is 1.00 bits per heavy atom. The van der Waals surface area contributed by atoms with E-state index in [1.807, 2.05) is 47.4 Å². The Morgan fingerprint density at radius 2 is 1.70 bits per heavy atom. The highest BCUT2D eigenvalue weighted by molar-refractivity contribution is 6.33. The molecule has 0 saturated carbocycles. The van der Waals surface area contributed by atoms with Gasteiger partial charge < -0.3 is 20.4 Å². The molecule has 2 aromatic rings. The Balaban J connectivity index is 1.42. The number of carbonyl (C=O) groups is 3. The molecule has 0 aliphatic carbocycles. The average molecular weight is 427 g/mol. The summed E-state index contributed by atoms with van der Waals surface area (Å²) in [5.74, 6) is -1.02. The highest BCUT2D eigenvalue weighted by Crippen LogP contribution is 2.33. The van der Waals surface area contributed by atoms with Gasteiger partial charge in [0.15, 0.2) is 0 Å². The van der Waals surface area contributed by atoms with E-state index in [9.17, 15) is 14.4 Å². The molecule has 2 aliphatic heterocycles. The number of anilines is 2. The second kappa shape index (κ2) is 8.36. The molecule has 2 fully saturated rings. The molecule has 0 spiro atoms. The van der Waals surface area contributed by atoms with Crippen LogP contribution in [0.4, 0.5) is 11.4 Å². The average Bonchev–Trinajstić information content (AvgIpc) is 3.16. The molecule has 2 heterocycles. The van der Waals surface area contributed by atoms with Gasteiger partial charge in [-0.1, -0.05) is 29.8 Å². The zero-order valence-corrected chi connectivity index (χ0v) is 17.2. The number of carbonyl (C=O) groups excluding carboxylic acids is 3. The largest absolute Gasteiger partial charge is 0.369 e. The Morgan fingerprint density at radius 3 is 2.30 bits per heavy atom. The van der Waals surface area contributed by atoms with Crippen molar-refractivity contribution in [3.63, 3.8) is 0 Å². The minimum atomic E-state index is -0.466. The number of primary amides is 1. The fourth-order valence-electron chi connectivity index (χ4n) is 3.98. The molecule has 0 unspecified atom stereocenters. The molecule has 30 heavy (non-hydrogen) atoms. The summed E-state index contributed by atoms with van der Waals surface area (Å²) in [5, 5.41) is 0.533. The van der Waals surface area contributed by atoms with Gasteiger partial charge in [0, 0.05) is 50.4 Å². The summed E-state index contributed by atoms with van der Waals surface area (Å²) < 4.78 is 0. The number of hydrogen-bond donors (Lipinski definition) is 1. The van der Waals surface area contributed by atoms with Crippen molar-refractivity contribution in [1.29, 1.82) is 0 Å². The van der Waals surface area contributed by atoms with Crippen LogP contribution in [0.2, 0.25) is 5.02 Å². The van der Waals surface area contributed by atoms with Crippen molar-refractivity contribution in [3.8, 4) is 0 Å². The monoisotopic (exact) mass is 426 g/mol. The van der Waals surface area contributed by atoms with Crippen molar-refractivity contribution < 1.29 is 14.4 Å². The maximum absolute atomic E-state index is 12.6. The number of halogens is 1. The van der Waals surface area contributed by atoms with Crippen LogP contribution < -0.4 is 15.5 Å². The summed E-state index contributed by atoms with van der Waals surface area (Å²) in [4.78, 5) is 41.8. The molecule has 0 bridgehead atoms. The quantitative estimate of drug-likeness (QED) is 0.811. The van der Waals surface area contributed by atoms with Crippen molar-refractivity contribution in [2.24, 2.45) is 11.7 Å². The van der Waals surface area contributed by atoms with Crippen LogP contribution in [-0.4, -0.2) is 55.3 Å². The molecule has 4 rings (SSSR count). The summed E-state index contributed by atoms with van der Waals surface area (Å²) in [7, 11) is 0. The number of amides is 3. The molecule has 2 N–H and O–H groups in total. The number of hydrogen-bond acceptors (Lipinski definition) is 4. The summed E-state index contributed by atoms with van der Waals surface area (Å²) in [6, 6.07) is 14.7. The van der Waals surface area contributed by atoms with E-state index in [-0.39, 0.29) is 24.8 Å². The minimum Gasteiger partial charge on any atom is -0.369 e. The normalized spacial score (nSPS) is 19.3. The predicted molar refractivity (Wildman–Crippen MR) is 116 cm³/mol. The zero-order chi connectivity index (χ0) is 21.3. The highest BCUT2D eigenvalue weighted by Gasteiger charge is 2.34. The van der Waals surface area contributed by atoms with Gasteiger partial charge in [-0.25, -0.2) is 0 Å². The lowest BCUT2D eigenvalue weighted by Gasteiger charge is -2.36. The number of piperazine rings is 1. The molecule has 2 saturated heterocycles. The van der Waals surface area contributed by atoms with Crippen molar-refractivity contribution in [3.05, 3.63) is 59.1 Å². The Hall–Kier alpha value is -3.06. The molecule has 2 aliphatic rings. The first-order valence-corrected chi connectivity index (χ1v) is 10.3. The van der Waals surface area contributed by atoms with Crippen LogP contribution in [0.1, 0.15) is 16.8 Å². The lowest BCUT2D eigenvalue weighted by atomic mass is 10.1. The second-order valence-corrected chi connectivity index (χ2v) is 8.00. The Bertz CT molecular complexity index is 974. The van der Waals surface area contributed by atoms with Crippen LogP contribution in [0.5, 0.6) is 0 Å². The highest BCUT2D eigenvalue weighted by atomic mass is 35.5. The first-order chi connectivity index (χ1) is 14.4. The van der Waals surface area contributed by atoms with Gasteiger partial charge in [0.25, 0.3) is 5.91 Å². The van der Waals surface area contributed by atoms with Gasteiger partial charge in [-0.2, -0.15) is 0 Å². The van der Waals surface area contributed by atoms with Crippen molar-refractivity contribution in [2.45, 2.75) is 6.42 Å². The summed E-state index contributed by atoms with van der Waals surface area (Å²) in [6.07, 6.45) is 0.131. The third-order valence-corrected chi connectivity index (χ3v) is 6.00. The second-order valence-electron chi connectivity index (χ2n) is 7.59. The van der Waals surface area contributed by atoms with Crippen LogP contribution >= 0.6 is 11.6 Å². The summed E-state index contributed by atoms with van der Waals surface area (Å²) in [5.41, 5.74) is 7.56. The number of nitrogens with two attached hydrogens (primary N) is 1. The van der Waals surface area contributed by atoms with Gasteiger partial charge in [0.2, 0.25) is 11.8 Å². The predicted octanol–water partition coefficient (Wildman–Crippen LogP) is 2.14. The van der Waals surface area contributed by atoms with Crippen molar-refractivity contribution in [1.82, 2.24) is 4.90 Å². The lowest BCUT2D eigenvalue weighted by molar-refractivity contribution is -0.123. The van der Waals surface area contributed by atoms with E-state index in [2.05, 4.69) is 4.90 Å². The SMILES string of the molecule is NC(=O)[C@H]1CC(=O)N(c2ccc(N3CCN(C(=O)c4ccccc4)CC3)c(Cl)c2)C1. The van der Waals surface area contributed by atoms with Gasteiger partial charge in [0.1, 0.15) is 0 Å².